The summed E-state index contributed by atoms with van der Waals surface area (Å²) in [5.41, 5.74) is 1.28. The summed E-state index contributed by atoms with van der Waals surface area (Å²) < 4.78 is 0.995. The number of nitrogens with zero attached hydrogens (tertiary/aromatic N) is 1. The van der Waals surface area contributed by atoms with E-state index < -0.39 is 11.4 Å². The molecule has 1 N–H and O–H groups in total. The summed E-state index contributed by atoms with van der Waals surface area (Å²) >= 11 is 3.51. The summed E-state index contributed by atoms with van der Waals surface area (Å²) in [4.78, 5) is 13.7. The van der Waals surface area contributed by atoms with Gasteiger partial charge < -0.3 is 10.0 Å². The van der Waals surface area contributed by atoms with Crippen LogP contribution in [-0.2, 0) is 10.2 Å². The van der Waals surface area contributed by atoms with Crippen LogP contribution in [0.3, 0.4) is 0 Å². The van der Waals surface area contributed by atoms with E-state index in [0.717, 1.165) is 41.4 Å². The van der Waals surface area contributed by atoms with Crippen molar-refractivity contribution in [3.05, 3.63) is 28.2 Å². The minimum Gasteiger partial charge on any atom is -0.481 e. The first kappa shape index (κ1) is 13.4. The van der Waals surface area contributed by atoms with Gasteiger partial charge in [-0.25, -0.2) is 0 Å². The van der Waals surface area contributed by atoms with Crippen molar-refractivity contribution in [2.45, 2.75) is 31.1 Å². The molecule has 1 aromatic carbocycles. The fourth-order valence-electron chi connectivity index (χ4n) is 2.76. The van der Waals surface area contributed by atoms with Crippen molar-refractivity contribution >= 4 is 27.6 Å². The molecule has 1 aliphatic rings. The van der Waals surface area contributed by atoms with Crippen LogP contribution in [-0.4, -0.2) is 25.2 Å². The van der Waals surface area contributed by atoms with E-state index >= 15 is 0 Å². The predicted molar refractivity (Wildman–Crippen MR) is 76.3 cm³/mol. The third-order valence-corrected chi connectivity index (χ3v) is 4.52. The van der Waals surface area contributed by atoms with Crippen molar-refractivity contribution in [3.8, 4) is 0 Å². The number of rotatable bonds is 3. The van der Waals surface area contributed by atoms with Crippen molar-refractivity contribution in [1.82, 2.24) is 0 Å². The second-order valence-electron chi connectivity index (χ2n) is 5.15. The highest BCUT2D eigenvalue weighted by Crippen LogP contribution is 2.43. The number of anilines is 1. The topological polar surface area (TPSA) is 40.5 Å². The van der Waals surface area contributed by atoms with Gasteiger partial charge in [-0.3, -0.25) is 4.79 Å². The third-order valence-electron chi connectivity index (χ3n) is 3.85. The highest BCUT2D eigenvalue weighted by atomic mass is 79.9. The quantitative estimate of drug-likeness (QED) is 0.930. The minimum absolute atomic E-state index is 0.675. The first-order valence-electron chi connectivity index (χ1n) is 6.18. The van der Waals surface area contributed by atoms with E-state index in [2.05, 4.69) is 15.9 Å². The van der Waals surface area contributed by atoms with E-state index in [4.69, 9.17) is 0 Å². The smallest absolute Gasteiger partial charge is 0.314 e. The number of halogens is 1. The number of carboxylic acid groups (broad SMARTS) is 1. The largest absolute Gasteiger partial charge is 0.481 e. The van der Waals surface area contributed by atoms with Gasteiger partial charge in [-0.1, -0.05) is 18.9 Å². The molecule has 1 saturated carbocycles. The Bertz CT molecular complexity index is 465. The number of carboxylic acids is 1. The van der Waals surface area contributed by atoms with Gasteiger partial charge in [0.05, 0.1) is 11.1 Å². The zero-order chi connectivity index (χ0) is 13.3. The summed E-state index contributed by atoms with van der Waals surface area (Å²) in [6, 6.07) is 5.90. The van der Waals surface area contributed by atoms with Crippen LogP contribution in [0.25, 0.3) is 0 Å². The van der Waals surface area contributed by atoms with E-state index in [1.165, 1.54) is 0 Å². The zero-order valence-electron chi connectivity index (χ0n) is 10.7. The molecule has 98 valence electrons. The van der Waals surface area contributed by atoms with Gasteiger partial charge in [0.1, 0.15) is 0 Å². The highest BCUT2D eigenvalue weighted by molar-refractivity contribution is 9.10. The van der Waals surface area contributed by atoms with Gasteiger partial charge in [-0.05, 0) is 46.5 Å². The van der Waals surface area contributed by atoms with Crippen LogP contribution in [0.4, 0.5) is 5.69 Å². The number of carbonyl (C=O) groups is 1. The molecule has 0 amide bonds. The molecule has 0 unspecified atom stereocenters. The van der Waals surface area contributed by atoms with E-state index in [-0.39, 0.29) is 0 Å². The predicted octanol–water partition coefficient (Wildman–Crippen LogP) is 3.41. The molecule has 0 spiro atoms. The maximum absolute atomic E-state index is 11.7. The SMILES string of the molecule is CN(C)c1cc(C2(C(=O)O)CCCC2)ccc1Br. The molecule has 0 aromatic heterocycles. The summed E-state index contributed by atoms with van der Waals surface area (Å²) in [6.45, 7) is 0. The van der Waals surface area contributed by atoms with Crippen molar-refractivity contribution in [3.63, 3.8) is 0 Å². The van der Waals surface area contributed by atoms with E-state index in [1.54, 1.807) is 0 Å². The zero-order valence-corrected chi connectivity index (χ0v) is 12.3. The van der Waals surface area contributed by atoms with Crippen LogP contribution in [0.2, 0.25) is 0 Å². The molecule has 0 heterocycles. The first-order chi connectivity index (χ1) is 8.47. The second kappa shape index (κ2) is 4.92. The molecule has 0 saturated heterocycles. The Kier molecular flexibility index (Phi) is 3.66. The van der Waals surface area contributed by atoms with Gasteiger partial charge >= 0.3 is 5.97 Å². The van der Waals surface area contributed by atoms with Crippen molar-refractivity contribution < 1.29 is 9.90 Å². The average molecular weight is 312 g/mol. The first-order valence-corrected chi connectivity index (χ1v) is 6.97. The summed E-state index contributed by atoms with van der Waals surface area (Å²) in [5.74, 6) is -0.688. The molecule has 2 rings (SSSR count). The van der Waals surface area contributed by atoms with Crippen molar-refractivity contribution in [2.75, 3.05) is 19.0 Å². The Balaban J connectivity index is 2.49. The number of hydrogen-bond donors (Lipinski definition) is 1. The Hall–Kier alpha value is -1.03. The summed E-state index contributed by atoms with van der Waals surface area (Å²) in [7, 11) is 3.93. The molecule has 1 aromatic rings. The van der Waals surface area contributed by atoms with Gasteiger partial charge in [0.15, 0.2) is 0 Å². The molecule has 0 aliphatic heterocycles. The van der Waals surface area contributed by atoms with Gasteiger partial charge in [0.2, 0.25) is 0 Å². The molecule has 0 radical (unpaired) electrons. The maximum atomic E-state index is 11.7. The normalized spacial score (nSPS) is 17.7. The van der Waals surface area contributed by atoms with Gasteiger partial charge in [0, 0.05) is 18.6 Å². The minimum atomic E-state index is -0.688. The second-order valence-corrected chi connectivity index (χ2v) is 6.01. The fourth-order valence-corrected chi connectivity index (χ4v) is 3.36. The van der Waals surface area contributed by atoms with Crippen LogP contribution in [0.15, 0.2) is 22.7 Å². The van der Waals surface area contributed by atoms with E-state index in [1.807, 2.05) is 37.2 Å². The molecule has 4 heteroatoms. The van der Waals surface area contributed by atoms with Crippen LogP contribution < -0.4 is 4.90 Å². The van der Waals surface area contributed by atoms with Crippen LogP contribution in [0, 0.1) is 0 Å². The lowest BCUT2D eigenvalue weighted by molar-refractivity contribution is -0.143. The van der Waals surface area contributed by atoms with Gasteiger partial charge in [-0.15, -0.1) is 0 Å². The van der Waals surface area contributed by atoms with Gasteiger partial charge in [-0.2, -0.15) is 0 Å². The molecule has 3 nitrogen and oxygen atoms in total. The van der Waals surface area contributed by atoms with E-state index in [0.29, 0.717) is 0 Å². The fraction of sp³-hybridized carbons (Fsp3) is 0.500. The third kappa shape index (κ3) is 2.14. The van der Waals surface area contributed by atoms with Crippen LogP contribution >= 0.6 is 15.9 Å². The highest BCUT2D eigenvalue weighted by Gasteiger charge is 2.43. The molecule has 1 fully saturated rings. The molecule has 18 heavy (non-hydrogen) atoms. The Morgan fingerprint density at radius 3 is 2.44 bits per heavy atom. The lowest BCUT2D eigenvalue weighted by Crippen LogP contribution is -2.32. The maximum Gasteiger partial charge on any atom is 0.314 e. The lowest BCUT2D eigenvalue weighted by atomic mass is 9.79. The standard InChI is InChI=1S/C14H18BrNO2/c1-16(2)12-9-10(5-6-11(12)15)14(13(17)18)7-3-4-8-14/h5-6,9H,3-4,7-8H2,1-2H3,(H,17,18). The Morgan fingerprint density at radius 2 is 1.94 bits per heavy atom. The van der Waals surface area contributed by atoms with E-state index in [9.17, 15) is 9.90 Å². The van der Waals surface area contributed by atoms with Gasteiger partial charge in [0.25, 0.3) is 0 Å². The van der Waals surface area contributed by atoms with Crippen LogP contribution in [0.5, 0.6) is 0 Å². The Labute approximate surface area is 116 Å². The van der Waals surface area contributed by atoms with Crippen molar-refractivity contribution in [2.24, 2.45) is 0 Å². The monoisotopic (exact) mass is 311 g/mol. The number of hydrogen-bond acceptors (Lipinski definition) is 2. The summed E-state index contributed by atoms with van der Waals surface area (Å²) in [6.07, 6.45) is 3.49. The summed E-state index contributed by atoms with van der Waals surface area (Å²) in [5, 5.41) is 9.59. The molecular weight excluding hydrogens is 294 g/mol. The number of aliphatic carboxylic acids is 1. The van der Waals surface area contributed by atoms with Crippen molar-refractivity contribution in [1.29, 1.82) is 0 Å². The number of benzene rings is 1. The molecule has 0 atom stereocenters. The molecule has 0 bridgehead atoms. The average Bonchev–Trinajstić information content (AvgIpc) is 2.79. The van der Waals surface area contributed by atoms with Crippen LogP contribution in [0.1, 0.15) is 31.2 Å². The Morgan fingerprint density at radius 1 is 1.33 bits per heavy atom. The molecule has 1 aliphatic carbocycles. The molecular formula is C14H18BrNO2. The lowest BCUT2D eigenvalue weighted by Gasteiger charge is -2.26.